The van der Waals surface area contributed by atoms with E-state index in [2.05, 4.69) is 15.9 Å². The Balaban J connectivity index is 2.26. The maximum Gasteiger partial charge on any atom is 0.326 e. The fourth-order valence-electron chi connectivity index (χ4n) is 2.08. The van der Waals surface area contributed by atoms with Gasteiger partial charge in [0, 0.05) is 29.4 Å². The SMILES string of the molecule is O=C1CCN(C(=O)c2cccc(Br)c2)C(C(=O)O)C1. The Kier molecular flexibility index (Phi) is 3.99. The minimum Gasteiger partial charge on any atom is -0.480 e. The molecule has 1 unspecified atom stereocenters. The van der Waals surface area contributed by atoms with Crippen LogP contribution in [0.3, 0.4) is 0 Å². The van der Waals surface area contributed by atoms with Gasteiger partial charge in [-0.05, 0) is 18.2 Å². The lowest BCUT2D eigenvalue weighted by Crippen LogP contribution is -2.50. The summed E-state index contributed by atoms with van der Waals surface area (Å²) >= 11 is 3.27. The molecule has 1 aliphatic rings. The number of carbonyl (C=O) groups excluding carboxylic acids is 2. The lowest BCUT2D eigenvalue weighted by molar-refractivity contribution is -0.146. The molecule has 1 saturated heterocycles. The molecule has 1 heterocycles. The fourth-order valence-corrected chi connectivity index (χ4v) is 2.48. The molecule has 0 spiro atoms. The van der Waals surface area contributed by atoms with Crippen LogP contribution in [-0.2, 0) is 9.59 Å². The molecule has 0 aliphatic carbocycles. The highest BCUT2D eigenvalue weighted by Gasteiger charge is 2.35. The molecule has 0 bridgehead atoms. The molecule has 1 N–H and O–H groups in total. The van der Waals surface area contributed by atoms with E-state index in [1.807, 2.05) is 0 Å². The molecular formula is C13H12BrNO4. The smallest absolute Gasteiger partial charge is 0.326 e. The van der Waals surface area contributed by atoms with E-state index in [9.17, 15) is 14.4 Å². The number of rotatable bonds is 2. The fraction of sp³-hybridized carbons (Fsp3) is 0.308. The van der Waals surface area contributed by atoms with Gasteiger partial charge in [0.1, 0.15) is 11.8 Å². The molecular weight excluding hydrogens is 314 g/mol. The van der Waals surface area contributed by atoms with Gasteiger partial charge in [-0.1, -0.05) is 22.0 Å². The standard InChI is InChI=1S/C13H12BrNO4/c14-9-3-1-2-8(6-9)12(17)15-5-4-10(16)7-11(15)13(18)19/h1-3,6,11H,4-5,7H2,(H,18,19). The first kappa shape index (κ1) is 13.7. The van der Waals surface area contributed by atoms with Crippen LogP contribution in [-0.4, -0.2) is 40.3 Å². The Labute approximate surface area is 118 Å². The topological polar surface area (TPSA) is 74.7 Å². The summed E-state index contributed by atoms with van der Waals surface area (Å²) < 4.78 is 0.748. The van der Waals surface area contributed by atoms with Gasteiger partial charge in [0.15, 0.2) is 0 Å². The van der Waals surface area contributed by atoms with Gasteiger partial charge in [0.2, 0.25) is 0 Å². The van der Waals surface area contributed by atoms with E-state index in [1.54, 1.807) is 24.3 Å². The van der Waals surface area contributed by atoms with Crippen LogP contribution in [0.1, 0.15) is 23.2 Å². The van der Waals surface area contributed by atoms with Gasteiger partial charge >= 0.3 is 5.97 Å². The van der Waals surface area contributed by atoms with Crippen LogP contribution in [0.15, 0.2) is 28.7 Å². The first-order valence-electron chi connectivity index (χ1n) is 5.80. The highest BCUT2D eigenvalue weighted by molar-refractivity contribution is 9.10. The second-order valence-electron chi connectivity index (χ2n) is 4.36. The molecule has 0 radical (unpaired) electrons. The normalized spacial score (nSPS) is 19.3. The number of benzene rings is 1. The third-order valence-corrected chi connectivity index (χ3v) is 3.54. The number of carboxylic acid groups (broad SMARTS) is 1. The number of halogens is 1. The maximum absolute atomic E-state index is 12.3. The van der Waals surface area contributed by atoms with Gasteiger partial charge in [-0.2, -0.15) is 0 Å². The minimum atomic E-state index is -1.14. The number of hydrogen-bond donors (Lipinski definition) is 1. The van der Waals surface area contributed by atoms with Crippen molar-refractivity contribution in [1.82, 2.24) is 4.90 Å². The molecule has 0 saturated carbocycles. The number of carboxylic acids is 1. The molecule has 0 aromatic heterocycles. The van der Waals surface area contributed by atoms with Gasteiger partial charge in [0.05, 0.1) is 0 Å². The summed E-state index contributed by atoms with van der Waals surface area (Å²) in [6.45, 7) is 0.154. The van der Waals surface area contributed by atoms with Crippen LogP contribution in [0.5, 0.6) is 0 Å². The molecule has 100 valence electrons. The first-order chi connectivity index (χ1) is 8.99. The molecule has 1 aromatic carbocycles. The first-order valence-corrected chi connectivity index (χ1v) is 6.59. The van der Waals surface area contributed by atoms with Crippen molar-refractivity contribution in [2.45, 2.75) is 18.9 Å². The summed E-state index contributed by atoms with van der Waals surface area (Å²) in [7, 11) is 0. The predicted molar refractivity (Wildman–Crippen MR) is 70.8 cm³/mol. The molecule has 6 heteroatoms. The van der Waals surface area contributed by atoms with Crippen molar-refractivity contribution in [1.29, 1.82) is 0 Å². The quantitative estimate of drug-likeness (QED) is 0.898. The summed E-state index contributed by atoms with van der Waals surface area (Å²) in [5, 5.41) is 9.12. The molecule has 1 fully saturated rings. The van der Waals surface area contributed by atoms with Crippen LogP contribution >= 0.6 is 15.9 Å². The number of likely N-dealkylation sites (tertiary alicyclic amines) is 1. The van der Waals surface area contributed by atoms with E-state index in [-0.39, 0.29) is 31.1 Å². The number of hydrogen-bond acceptors (Lipinski definition) is 3. The van der Waals surface area contributed by atoms with Crippen molar-refractivity contribution < 1.29 is 19.5 Å². The number of piperidine rings is 1. The summed E-state index contributed by atoms with van der Waals surface area (Å²) in [6.07, 6.45) is 0.0958. The number of ketones is 1. The maximum atomic E-state index is 12.3. The van der Waals surface area contributed by atoms with Crippen molar-refractivity contribution in [2.24, 2.45) is 0 Å². The number of amides is 1. The highest BCUT2D eigenvalue weighted by Crippen LogP contribution is 2.20. The van der Waals surface area contributed by atoms with Crippen LogP contribution in [0.25, 0.3) is 0 Å². The van der Waals surface area contributed by atoms with E-state index in [4.69, 9.17) is 5.11 Å². The van der Waals surface area contributed by atoms with Crippen molar-refractivity contribution in [3.8, 4) is 0 Å². The number of Topliss-reactive ketones (excluding diaryl/α,β-unsaturated/α-hetero) is 1. The van der Waals surface area contributed by atoms with Crippen LogP contribution in [0, 0.1) is 0 Å². The number of nitrogens with zero attached hydrogens (tertiary/aromatic N) is 1. The average molecular weight is 326 g/mol. The van der Waals surface area contributed by atoms with E-state index in [0.717, 1.165) is 4.47 Å². The Morgan fingerprint density at radius 1 is 1.37 bits per heavy atom. The Morgan fingerprint density at radius 3 is 2.74 bits per heavy atom. The zero-order chi connectivity index (χ0) is 14.0. The summed E-state index contributed by atoms with van der Waals surface area (Å²) in [5.74, 6) is -1.62. The highest BCUT2D eigenvalue weighted by atomic mass is 79.9. The zero-order valence-electron chi connectivity index (χ0n) is 10.0. The van der Waals surface area contributed by atoms with E-state index < -0.39 is 12.0 Å². The van der Waals surface area contributed by atoms with E-state index in [1.165, 1.54) is 4.90 Å². The number of aliphatic carboxylic acids is 1. The van der Waals surface area contributed by atoms with Gasteiger partial charge < -0.3 is 10.0 Å². The Hall–Kier alpha value is -1.69. The minimum absolute atomic E-state index is 0.116. The molecule has 2 rings (SSSR count). The zero-order valence-corrected chi connectivity index (χ0v) is 11.6. The summed E-state index contributed by atoms with van der Waals surface area (Å²) in [4.78, 5) is 36.0. The monoisotopic (exact) mass is 325 g/mol. The van der Waals surface area contributed by atoms with E-state index in [0.29, 0.717) is 5.56 Å². The Bertz CT molecular complexity index is 543. The molecule has 19 heavy (non-hydrogen) atoms. The number of carbonyl (C=O) groups is 3. The van der Waals surface area contributed by atoms with Crippen molar-refractivity contribution in [2.75, 3.05) is 6.54 Å². The van der Waals surface area contributed by atoms with Crippen molar-refractivity contribution in [3.63, 3.8) is 0 Å². The molecule has 1 aliphatic heterocycles. The van der Waals surface area contributed by atoms with Crippen molar-refractivity contribution in [3.05, 3.63) is 34.3 Å². The van der Waals surface area contributed by atoms with Crippen LogP contribution in [0.4, 0.5) is 0 Å². The predicted octanol–water partition coefficient (Wildman–Crippen LogP) is 1.71. The summed E-state index contributed by atoms with van der Waals surface area (Å²) in [6, 6.07) is 5.70. The van der Waals surface area contributed by atoms with Gasteiger partial charge in [-0.25, -0.2) is 4.79 Å². The van der Waals surface area contributed by atoms with E-state index >= 15 is 0 Å². The van der Waals surface area contributed by atoms with Gasteiger partial charge in [-0.3, -0.25) is 9.59 Å². The second kappa shape index (κ2) is 5.52. The van der Waals surface area contributed by atoms with Crippen LogP contribution < -0.4 is 0 Å². The van der Waals surface area contributed by atoms with Gasteiger partial charge in [-0.15, -0.1) is 0 Å². The average Bonchev–Trinajstić information content (AvgIpc) is 2.37. The van der Waals surface area contributed by atoms with Crippen LogP contribution in [0.2, 0.25) is 0 Å². The second-order valence-corrected chi connectivity index (χ2v) is 5.27. The van der Waals surface area contributed by atoms with Gasteiger partial charge in [0.25, 0.3) is 5.91 Å². The largest absolute Gasteiger partial charge is 0.480 e. The lowest BCUT2D eigenvalue weighted by atomic mass is 10.00. The molecule has 1 aromatic rings. The third kappa shape index (κ3) is 3.01. The summed E-state index contributed by atoms with van der Waals surface area (Å²) in [5.41, 5.74) is 0.412. The molecule has 5 nitrogen and oxygen atoms in total. The van der Waals surface area contributed by atoms with Crippen molar-refractivity contribution >= 4 is 33.6 Å². The third-order valence-electron chi connectivity index (χ3n) is 3.05. The Morgan fingerprint density at radius 2 is 2.11 bits per heavy atom. The molecule has 1 amide bonds. The molecule has 1 atom stereocenters. The lowest BCUT2D eigenvalue weighted by Gasteiger charge is -2.32.